The molecule has 3 heteroatoms. The van der Waals surface area contributed by atoms with Crippen LogP contribution in [-0.4, -0.2) is 10.9 Å². The summed E-state index contributed by atoms with van der Waals surface area (Å²) in [5.41, 5.74) is 3.81. The van der Waals surface area contributed by atoms with Crippen molar-refractivity contribution < 1.29 is 0 Å². The van der Waals surface area contributed by atoms with Crippen molar-refractivity contribution in [2.75, 3.05) is 5.88 Å². The van der Waals surface area contributed by atoms with Crippen LogP contribution in [0.1, 0.15) is 28.2 Å². The maximum Gasteiger partial charge on any atom is 0.0972 e. The van der Waals surface area contributed by atoms with E-state index in [0.29, 0.717) is 5.88 Å². The molecule has 90 valence electrons. The van der Waals surface area contributed by atoms with Gasteiger partial charge in [-0.15, -0.1) is 22.9 Å². The third-order valence-electron chi connectivity index (χ3n) is 2.64. The second-order valence-electron chi connectivity index (χ2n) is 4.19. The van der Waals surface area contributed by atoms with Crippen molar-refractivity contribution in [2.24, 2.45) is 0 Å². The molecule has 1 nitrogen and oxygen atoms in total. The first-order chi connectivity index (χ1) is 8.28. The first-order valence-electron chi connectivity index (χ1n) is 5.83. The highest BCUT2D eigenvalue weighted by Gasteiger charge is 2.03. The number of hydrogen-bond donors (Lipinski definition) is 0. The monoisotopic (exact) mass is 265 g/mol. The molecule has 0 aliphatic carbocycles. The average molecular weight is 266 g/mol. The zero-order valence-corrected chi connectivity index (χ0v) is 11.5. The summed E-state index contributed by atoms with van der Waals surface area (Å²) in [4.78, 5) is 4.63. The van der Waals surface area contributed by atoms with Crippen molar-refractivity contribution >= 4 is 22.9 Å². The molecule has 0 unspecified atom stereocenters. The second kappa shape index (κ2) is 6.18. The topological polar surface area (TPSA) is 12.9 Å². The molecular formula is C14H16ClNS. The molecule has 17 heavy (non-hydrogen) atoms. The van der Waals surface area contributed by atoms with Crippen LogP contribution in [-0.2, 0) is 12.8 Å². The summed E-state index contributed by atoms with van der Waals surface area (Å²) >= 11 is 7.42. The third-order valence-corrected chi connectivity index (χ3v) is 3.81. The molecule has 2 aromatic rings. The zero-order valence-electron chi connectivity index (χ0n) is 9.95. The lowest BCUT2D eigenvalue weighted by Gasteiger charge is -1.98. The largest absolute Gasteiger partial charge is 0.246 e. The quantitative estimate of drug-likeness (QED) is 0.738. The average Bonchev–Trinajstić information content (AvgIpc) is 2.77. The van der Waals surface area contributed by atoms with Crippen molar-refractivity contribution in [3.05, 3.63) is 51.5 Å². The lowest BCUT2D eigenvalue weighted by molar-refractivity contribution is 0.889. The number of aryl methyl sites for hydroxylation is 2. The first-order valence-corrected chi connectivity index (χ1v) is 7.24. The third kappa shape index (κ3) is 3.83. The van der Waals surface area contributed by atoms with Gasteiger partial charge in [-0.25, -0.2) is 4.98 Å². The van der Waals surface area contributed by atoms with Gasteiger partial charge in [0.15, 0.2) is 0 Å². The molecule has 0 saturated carbocycles. The Kier molecular flexibility index (Phi) is 4.57. The van der Waals surface area contributed by atoms with Crippen LogP contribution in [0.15, 0.2) is 29.6 Å². The van der Waals surface area contributed by atoms with E-state index in [1.165, 1.54) is 21.8 Å². The molecule has 0 bridgehead atoms. The molecule has 0 aliphatic rings. The van der Waals surface area contributed by atoms with Gasteiger partial charge in [0, 0.05) is 17.7 Å². The minimum atomic E-state index is 0.713. The molecule has 0 radical (unpaired) electrons. The summed E-state index contributed by atoms with van der Waals surface area (Å²) in [6.45, 7) is 2.11. The predicted octanol–water partition coefficient (Wildman–Crippen LogP) is 4.21. The van der Waals surface area contributed by atoms with Crippen LogP contribution in [0.5, 0.6) is 0 Å². The Morgan fingerprint density at radius 3 is 2.71 bits per heavy atom. The van der Waals surface area contributed by atoms with Crippen molar-refractivity contribution in [2.45, 2.75) is 26.2 Å². The van der Waals surface area contributed by atoms with Crippen molar-refractivity contribution in [3.8, 4) is 0 Å². The van der Waals surface area contributed by atoms with Gasteiger partial charge in [-0.1, -0.05) is 29.8 Å². The molecule has 0 aliphatic heterocycles. The van der Waals surface area contributed by atoms with E-state index in [1.807, 2.05) is 0 Å². The van der Waals surface area contributed by atoms with Gasteiger partial charge >= 0.3 is 0 Å². The molecule has 0 spiro atoms. The fourth-order valence-corrected chi connectivity index (χ4v) is 2.67. The Balaban J connectivity index is 1.98. The van der Waals surface area contributed by atoms with Crippen molar-refractivity contribution in [1.82, 2.24) is 4.98 Å². The molecule has 0 atom stereocenters. The molecule has 1 aromatic carbocycles. The number of rotatable bonds is 5. The van der Waals surface area contributed by atoms with Crippen LogP contribution in [0.4, 0.5) is 0 Å². The van der Waals surface area contributed by atoms with E-state index in [-0.39, 0.29) is 0 Å². The van der Waals surface area contributed by atoms with E-state index < -0.39 is 0 Å². The SMILES string of the molecule is Cc1ccc(Cc2nc(CCCCl)cs2)cc1. The van der Waals surface area contributed by atoms with Crippen molar-refractivity contribution in [1.29, 1.82) is 0 Å². The number of hydrogen-bond acceptors (Lipinski definition) is 2. The molecule has 0 saturated heterocycles. The zero-order chi connectivity index (χ0) is 12.1. The molecule has 0 amide bonds. The summed E-state index contributed by atoms with van der Waals surface area (Å²) in [5, 5.41) is 3.34. The molecular weight excluding hydrogens is 250 g/mol. The molecule has 1 heterocycles. The molecule has 0 fully saturated rings. The lowest BCUT2D eigenvalue weighted by Crippen LogP contribution is -1.90. The summed E-state index contributed by atoms with van der Waals surface area (Å²) in [6.07, 6.45) is 2.94. The highest BCUT2D eigenvalue weighted by Crippen LogP contribution is 2.16. The van der Waals surface area contributed by atoms with Gasteiger partial charge in [0.2, 0.25) is 0 Å². The summed E-state index contributed by atoms with van der Waals surface area (Å²) < 4.78 is 0. The van der Waals surface area contributed by atoms with Gasteiger partial charge in [0.25, 0.3) is 0 Å². The number of aromatic nitrogens is 1. The number of thiazole rings is 1. The predicted molar refractivity (Wildman–Crippen MR) is 75.1 cm³/mol. The number of alkyl halides is 1. The lowest BCUT2D eigenvalue weighted by atomic mass is 10.1. The Morgan fingerprint density at radius 2 is 2.00 bits per heavy atom. The van der Waals surface area contributed by atoms with E-state index >= 15 is 0 Å². The van der Waals surface area contributed by atoms with Crippen molar-refractivity contribution in [3.63, 3.8) is 0 Å². The highest BCUT2D eigenvalue weighted by molar-refractivity contribution is 7.09. The highest BCUT2D eigenvalue weighted by atomic mass is 35.5. The fourth-order valence-electron chi connectivity index (χ4n) is 1.67. The standard InChI is InChI=1S/C14H16ClNS/c1-11-4-6-12(7-5-11)9-14-16-13(10-17-14)3-2-8-15/h4-7,10H,2-3,8-9H2,1H3. The second-order valence-corrected chi connectivity index (χ2v) is 5.51. The van der Waals surface area contributed by atoms with E-state index in [0.717, 1.165) is 19.3 Å². The van der Waals surface area contributed by atoms with Gasteiger partial charge in [-0.05, 0) is 25.3 Å². The van der Waals surface area contributed by atoms with Gasteiger partial charge < -0.3 is 0 Å². The normalized spacial score (nSPS) is 10.7. The first kappa shape index (κ1) is 12.6. The maximum absolute atomic E-state index is 5.68. The van der Waals surface area contributed by atoms with Gasteiger partial charge in [0.1, 0.15) is 0 Å². The minimum absolute atomic E-state index is 0.713. The van der Waals surface area contributed by atoms with Crippen LogP contribution in [0.3, 0.4) is 0 Å². The van der Waals surface area contributed by atoms with E-state index in [2.05, 4.69) is 41.6 Å². The van der Waals surface area contributed by atoms with Crippen LogP contribution in [0.2, 0.25) is 0 Å². The van der Waals surface area contributed by atoms with Crippen LogP contribution in [0, 0.1) is 6.92 Å². The molecule has 0 N–H and O–H groups in total. The van der Waals surface area contributed by atoms with Gasteiger partial charge in [-0.2, -0.15) is 0 Å². The van der Waals surface area contributed by atoms with Crippen LogP contribution in [0.25, 0.3) is 0 Å². The summed E-state index contributed by atoms with van der Waals surface area (Å²) in [6, 6.07) is 8.65. The number of nitrogens with zero attached hydrogens (tertiary/aromatic N) is 1. The Morgan fingerprint density at radius 1 is 1.24 bits per heavy atom. The number of halogens is 1. The molecule has 1 aromatic heterocycles. The van der Waals surface area contributed by atoms with Gasteiger partial charge in [-0.3, -0.25) is 0 Å². The fraction of sp³-hybridized carbons (Fsp3) is 0.357. The number of benzene rings is 1. The van der Waals surface area contributed by atoms with E-state index in [4.69, 9.17) is 11.6 Å². The van der Waals surface area contributed by atoms with Crippen LogP contribution >= 0.6 is 22.9 Å². The minimum Gasteiger partial charge on any atom is -0.246 e. The summed E-state index contributed by atoms with van der Waals surface area (Å²) in [7, 11) is 0. The summed E-state index contributed by atoms with van der Waals surface area (Å²) in [5.74, 6) is 0.713. The van der Waals surface area contributed by atoms with Gasteiger partial charge in [0.05, 0.1) is 10.7 Å². The van der Waals surface area contributed by atoms with E-state index in [9.17, 15) is 0 Å². The Bertz CT molecular complexity index is 461. The maximum atomic E-state index is 5.68. The Hall–Kier alpha value is -0.860. The molecule has 2 rings (SSSR count). The Labute approximate surface area is 111 Å². The smallest absolute Gasteiger partial charge is 0.0972 e. The van der Waals surface area contributed by atoms with E-state index in [1.54, 1.807) is 11.3 Å². The van der Waals surface area contributed by atoms with Crippen LogP contribution < -0.4 is 0 Å².